The SMILES string of the molecule is CC(Cc1ccsc1)Nc1nc(NN)nc2[nH]ncc12. The van der Waals surface area contributed by atoms with Crippen LogP contribution in [0.25, 0.3) is 11.0 Å². The Hall–Kier alpha value is -2.19. The molecular formula is C12H15N7S. The molecule has 1 unspecified atom stereocenters. The van der Waals surface area contributed by atoms with Crippen molar-refractivity contribution < 1.29 is 0 Å². The van der Waals surface area contributed by atoms with Crippen LogP contribution in [0.15, 0.2) is 23.0 Å². The molecule has 0 saturated carbocycles. The summed E-state index contributed by atoms with van der Waals surface area (Å²) in [5, 5.41) is 15.3. The molecule has 0 amide bonds. The zero-order chi connectivity index (χ0) is 13.9. The molecule has 3 aromatic rings. The Bertz CT molecular complexity index is 691. The first-order valence-electron chi connectivity index (χ1n) is 6.21. The van der Waals surface area contributed by atoms with Crippen molar-refractivity contribution in [1.29, 1.82) is 0 Å². The Labute approximate surface area is 119 Å². The molecule has 0 radical (unpaired) electrons. The van der Waals surface area contributed by atoms with Gasteiger partial charge in [0.1, 0.15) is 5.82 Å². The minimum atomic E-state index is 0.239. The van der Waals surface area contributed by atoms with Crippen LogP contribution in [0.1, 0.15) is 12.5 Å². The first-order valence-corrected chi connectivity index (χ1v) is 7.16. The minimum Gasteiger partial charge on any atom is -0.367 e. The molecule has 5 N–H and O–H groups in total. The van der Waals surface area contributed by atoms with Crippen LogP contribution in [0.2, 0.25) is 0 Å². The highest BCUT2D eigenvalue weighted by molar-refractivity contribution is 7.07. The molecule has 104 valence electrons. The molecule has 0 aromatic carbocycles. The average molecular weight is 289 g/mol. The topological polar surface area (TPSA) is 105 Å². The summed E-state index contributed by atoms with van der Waals surface area (Å²) in [6, 6.07) is 2.37. The number of aromatic nitrogens is 4. The molecule has 1 atom stereocenters. The molecule has 0 fully saturated rings. The fourth-order valence-electron chi connectivity index (χ4n) is 2.06. The minimum absolute atomic E-state index is 0.239. The second-order valence-corrected chi connectivity index (χ2v) is 5.33. The molecular weight excluding hydrogens is 274 g/mol. The van der Waals surface area contributed by atoms with Gasteiger partial charge >= 0.3 is 0 Å². The number of nitrogen functional groups attached to an aromatic ring is 1. The van der Waals surface area contributed by atoms with Gasteiger partial charge in [-0.05, 0) is 35.7 Å². The standard InChI is InChI=1S/C12H15N7S/c1-7(4-8-2-3-20-6-8)15-10-9-5-14-19-11(9)17-12(16-10)18-13/h2-3,5-7H,4,13H2,1H3,(H3,14,15,16,17,18,19). The van der Waals surface area contributed by atoms with Crippen molar-refractivity contribution in [3.8, 4) is 0 Å². The Morgan fingerprint density at radius 2 is 2.35 bits per heavy atom. The lowest BCUT2D eigenvalue weighted by atomic mass is 10.1. The van der Waals surface area contributed by atoms with Gasteiger partial charge in [0.25, 0.3) is 0 Å². The molecule has 3 heterocycles. The van der Waals surface area contributed by atoms with Crippen LogP contribution < -0.4 is 16.6 Å². The number of anilines is 2. The zero-order valence-corrected chi connectivity index (χ0v) is 11.7. The van der Waals surface area contributed by atoms with Crippen molar-refractivity contribution >= 4 is 34.1 Å². The maximum atomic E-state index is 5.38. The quantitative estimate of drug-likeness (QED) is 0.421. The van der Waals surface area contributed by atoms with E-state index < -0.39 is 0 Å². The van der Waals surface area contributed by atoms with E-state index in [4.69, 9.17) is 5.84 Å². The Morgan fingerprint density at radius 1 is 1.45 bits per heavy atom. The van der Waals surface area contributed by atoms with E-state index in [2.05, 4.69) is 54.7 Å². The second kappa shape index (κ2) is 5.43. The highest BCUT2D eigenvalue weighted by Crippen LogP contribution is 2.21. The van der Waals surface area contributed by atoms with Gasteiger partial charge in [0, 0.05) is 6.04 Å². The Balaban J connectivity index is 1.84. The Morgan fingerprint density at radius 3 is 3.10 bits per heavy atom. The lowest BCUT2D eigenvalue weighted by Crippen LogP contribution is -2.20. The lowest BCUT2D eigenvalue weighted by molar-refractivity contribution is 0.788. The van der Waals surface area contributed by atoms with Crippen molar-refractivity contribution in [2.75, 3.05) is 10.7 Å². The van der Waals surface area contributed by atoms with Gasteiger partial charge in [0.05, 0.1) is 11.6 Å². The first kappa shape index (κ1) is 12.8. The number of thiophene rings is 1. The molecule has 20 heavy (non-hydrogen) atoms. The summed E-state index contributed by atoms with van der Waals surface area (Å²) >= 11 is 1.70. The smallest absolute Gasteiger partial charge is 0.241 e. The number of hydrazine groups is 1. The molecule has 0 saturated heterocycles. The van der Waals surface area contributed by atoms with E-state index in [1.807, 2.05) is 0 Å². The molecule has 0 aliphatic rings. The fraction of sp³-hybridized carbons (Fsp3) is 0.250. The molecule has 0 aliphatic heterocycles. The number of nitrogens with two attached hydrogens (primary N) is 1. The van der Waals surface area contributed by atoms with E-state index in [-0.39, 0.29) is 6.04 Å². The number of nitrogens with zero attached hydrogens (tertiary/aromatic N) is 3. The van der Waals surface area contributed by atoms with Crippen LogP contribution in [0.4, 0.5) is 11.8 Å². The summed E-state index contributed by atoms with van der Waals surface area (Å²) in [5.74, 6) is 6.46. The normalized spacial score (nSPS) is 12.5. The molecule has 3 rings (SSSR count). The number of fused-ring (bicyclic) bond motifs is 1. The first-order chi connectivity index (χ1) is 9.76. The third-order valence-corrected chi connectivity index (χ3v) is 3.68. The van der Waals surface area contributed by atoms with Crippen LogP contribution in [0.5, 0.6) is 0 Å². The van der Waals surface area contributed by atoms with Gasteiger partial charge in [0.2, 0.25) is 5.95 Å². The van der Waals surface area contributed by atoms with Gasteiger partial charge in [-0.2, -0.15) is 26.4 Å². The van der Waals surface area contributed by atoms with Crippen molar-refractivity contribution in [2.45, 2.75) is 19.4 Å². The number of nitrogens with one attached hydrogen (secondary N) is 3. The van der Waals surface area contributed by atoms with Gasteiger partial charge in [-0.25, -0.2) is 5.84 Å². The van der Waals surface area contributed by atoms with Crippen LogP contribution >= 0.6 is 11.3 Å². The fourth-order valence-corrected chi connectivity index (χ4v) is 2.74. The molecule has 3 aromatic heterocycles. The summed E-state index contributed by atoms with van der Waals surface area (Å²) in [4.78, 5) is 8.54. The van der Waals surface area contributed by atoms with Crippen molar-refractivity contribution in [2.24, 2.45) is 5.84 Å². The molecule has 0 spiro atoms. The van der Waals surface area contributed by atoms with Gasteiger partial charge in [0.15, 0.2) is 5.65 Å². The van der Waals surface area contributed by atoms with E-state index >= 15 is 0 Å². The third kappa shape index (κ3) is 2.56. The monoisotopic (exact) mass is 289 g/mol. The molecule has 0 bridgehead atoms. The van der Waals surface area contributed by atoms with Gasteiger partial charge in [-0.1, -0.05) is 0 Å². The summed E-state index contributed by atoms with van der Waals surface area (Å²) in [7, 11) is 0. The van der Waals surface area contributed by atoms with E-state index in [9.17, 15) is 0 Å². The largest absolute Gasteiger partial charge is 0.367 e. The Kier molecular flexibility index (Phi) is 3.48. The number of rotatable bonds is 5. The highest BCUT2D eigenvalue weighted by Gasteiger charge is 2.12. The third-order valence-electron chi connectivity index (χ3n) is 2.94. The van der Waals surface area contributed by atoms with Crippen LogP contribution in [0.3, 0.4) is 0 Å². The van der Waals surface area contributed by atoms with E-state index in [1.54, 1.807) is 17.5 Å². The van der Waals surface area contributed by atoms with Gasteiger partial charge < -0.3 is 5.32 Å². The lowest BCUT2D eigenvalue weighted by Gasteiger charge is -2.14. The predicted octanol–water partition coefficient (Wildman–Crippen LogP) is 1.74. The summed E-state index contributed by atoms with van der Waals surface area (Å²) < 4.78 is 0. The van der Waals surface area contributed by atoms with E-state index in [0.717, 1.165) is 17.6 Å². The van der Waals surface area contributed by atoms with Crippen molar-refractivity contribution in [3.63, 3.8) is 0 Å². The number of aromatic amines is 1. The summed E-state index contributed by atoms with van der Waals surface area (Å²) in [5.41, 5.74) is 4.42. The maximum absolute atomic E-state index is 5.38. The highest BCUT2D eigenvalue weighted by atomic mass is 32.1. The van der Waals surface area contributed by atoms with Crippen molar-refractivity contribution in [1.82, 2.24) is 20.2 Å². The van der Waals surface area contributed by atoms with E-state index in [1.165, 1.54) is 5.56 Å². The molecule has 8 heteroatoms. The zero-order valence-electron chi connectivity index (χ0n) is 10.9. The van der Waals surface area contributed by atoms with E-state index in [0.29, 0.717) is 11.6 Å². The number of hydrogen-bond donors (Lipinski definition) is 4. The maximum Gasteiger partial charge on any atom is 0.241 e. The number of hydrogen-bond acceptors (Lipinski definition) is 7. The summed E-state index contributed by atoms with van der Waals surface area (Å²) in [6.45, 7) is 2.11. The van der Waals surface area contributed by atoms with Gasteiger partial charge in [-0.3, -0.25) is 10.5 Å². The van der Waals surface area contributed by atoms with Crippen LogP contribution in [0, 0.1) is 0 Å². The molecule has 0 aliphatic carbocycles. The second-order valence-electron chi connectivity index (χ2n) is 4.55. The molecule has 7 nitrogen and oxygen atoms in total. The number of H-pyrrole nitrogens is 1. The van der Waals surface area contributed by atoms with Crippen LogP contribution in [-0.2, 0) is 6.42 Å². The summed E-state index contributed by atoms with van der Waals surface area (Å²) in [6.07, 6.45) is 2.63. The van der Waals surface area contributed by atoms with Gasteiger partial charge in [-0.15, -0.1) is 0 Å². The average Bonchev–Trinajstić information content (AvgIpc) is 3.09. The van der Waals surface area contributed by atoms with Crippen molar-refractivity contribution in [3.05, 3.63) is 28.6 Å². The predicted molar refractivity (Wildman–Crippen MR) is 80.6 cm³/mol. The van der Waals surface area contributed by atoms with Crippen LogP contribution in [-0.4, -0.2) is 26.2 Å².